The number of hydrogen-bond acceptors (Lipinski definition) is 21. The van der Waals surface area contributed by atoms with E-state index in [1.165, 1.54) is 46.1 Å². The topological polar surface area (TPSA) is 297 Å². The number of amides is 2. The van der Waals surface area contributed by atoms with Gasteiger partial charge >= 0.3 is 11.9 Å². The van der Waals surface area contributed by atoms with Crippen LogP contribution in [0.5, 0.6) is 0 Å². The third-order valence-electron chi connectivity index (χ3n) is 16.8. The van der Waals surface area contributed by atoms with Crippen LogP contribution in [0, 0.1) is 29.6 Å². The van der Waals surface area contributed by atoms with Gasteiger partial charge in [0.25, 0.3) is 0 Å². The Balaban J connectivity index is 1.80. The average molecular weight is 1200 g/mol. The number of carbonyl (C=O) groups is 5. The van der Waals surface area contributed by atoms with E-state index in [0.29, 0.717) is 5.57 Å². The number of esters is 2. The molecule has 4 rings (SSSR count). The van der Waals surface area contributed by atoms with Gasteiger partial charge in [0, 0.05) is 52.4 Å². The number of carbonyl (C=O) groups excluding carboxylic acids is 5. The molecule has 0 aromatic heterocycles. The van der Waals surface area contributed by atoms with Crippen molar-refractivity contribution in [2.75, 3.05) is 55.1 Å². The first kappa shape index (κ1) is 72.4. The highest BCUT2D eigenvalue weighted by Gasteiger charge is 2.52. The second kappa shape index (κ2) is 33.3. The fourth-order valence-electron chi connectivity index (χ4n) is 11.7. The van der Waals surface area contributed by atoms with Crippen molar-refractivity contribution in [3.8, 4) is 0 Å². The Kier molecular flexibility index (Phi) is 28.7. The molecule has 2 unspecified atom stereocenters. The molecule has 84 heavy (non-hydrogen) atoms. The van der Waals surface area contributed by atoms with Crippen LogP contribution < -0.4 is 5.32 Å². The van der Waals surface area contributed by atoms with E-state index in [1.807, 2.05) is 32.9 Å². The second-order valence-electron chi connectivity index (χ2n) is 24.1. The molecule has 4 aliphatic heterocycles. The molecule has 23 atom stereocenters. The maximum absolute atomic E-state index is 14.5. The molecule has 0 spiro atoms. The van der Waals surface area contributed by atoms with E-state index >= 15 is 0 Å². The van der Waals surface area contributed by atoms with Gasteiger partial charge in [-0.2, -0.15) is 0 Å². The number of rotatable bonds is 22. The van der Waals surface area contributed by atoms with E-state index in [4.69, 9.17) is 47.4 Å². The Morgan fingerprint density at radius 3 is 2.14 bits per heavy atom. The Morgan fingerprint density at radius 2 is 1.55 bits per heavy atom. The third-order valence-corrected chi connectivity index (χ3v) is 16.8. The minimum Gasteiger partial charge on any atom is -0.462 e. The van der Waals surface area contributed by atoms with Gasteiger partial charge in [-0.05, 0) is 105 Å². The summed E-state index contributed by atoms with van der Waals surface area (Å²) in [6, 6.07) is -2.19. The lowest BCUT2D eigenvalue weighted by Gasteiger charge is -2.50. The molecule has 480 valence electrons. The highest BCUT2D eigenvalue weighted by Crippen LogP contribution is 2.39. The SMILES string of the molecule is C=CCC(C)/C=C(\C)COC(=O)CNC(=O)C(C[C@H]1C[C@@H](C)C(=O)/C=C/C(C)=C/[C@H](CO[C@@H]2O[C@H](C)[C@@H](O)[C@@H](OC)[C@H]2OC)[C@@H](CC)OC(=O)C[C@@H](O)[C@H](C)[C@H]1O[C@@H]1O[C@H](C)[C@@H](O[C@H]2C[C@@](C)(O)[C@@H](O)[C@H](C)O2)[C@H](N(C)C)[C@H]1O)N(C)C(C)=O. The van der Waals surface area contributed by atoms with Crippen LogP contribution in [0.3, 0.4) is 0 Å². The number of methoxy groups -OCH3 is 2. The second-order valence-corrected chi connectivity index (χ2v) is 24.1. The lowest BCUT2D eigenvalue weighted by Crippen LogP contribution is -2.65. The lowest BCUT2D eigenvalue weighted by atomic mass is 9.77. The van der Waals surface area contributed by atoms with Crippen molar-refractivity contribution >= 4 is 29.5 Å². The molecule has 6 N–H and O–H groups in total. The van der Waals surface area contributed by atoms with Crippen LogP contribution in [0.4, 0.5) is 0 Å². The molecule has 2 amide bonds. The van der Waals surface area contributed by atoms with Crippen LogP contribution >= 0.6 is 0 Å². The van der Waals surface area contributed by atoms with E-state index in [9.17, 15) is 49.5 Å². The number of ether oxygens (including phenoxy) is 10. The first-order valence-electron chi connectivity index (χ1n) is 29.5. The fourth-order valence-corrected chi connectivity index (χ4v) is 11.7. The monoisotopic (exact) mass is 1200 g/mol. The lowest BCUT2D eigenvalue weighted by molar-refractivity contribution is -0.342. The van der Waals surface area contributed by atoms with Gasteiger partial charge in [-0.1, -0.05) is 57.6 Å². The van der Waals surface area contributed by atoms with E-state index < -0.39 is 170 Å². The maximum Gasteiger partial charge on any atom is 0.325 e. The van der Waals surface area contributed by atoms with E-state index in [0.717, 1.165) is 12.0 Å². The zero-order valence-corrected chi connectivity index (χ0v) is 52.4. The summed E-state index contributed by atoms with van der Waals surface area (Å²) in [5.41, 5.74) is -0.156. The van der Waals surface area contributed by atoms with E-state index in [1.54, 1.807) is 72.7 Å². The molecule has 3 fully saturated rings. The Morgan fingerprint density at radius 1 is 0.893 bits per heavy atom. The van der Waals surface area contributed by atoms with Crippen LogP contribution in [0.25, 0.3) is 0 Å². The summed E-state index contributed by atoms with van der Waals surface area (Å²) in [4.78, 5) is 72.6. The number of aliphatic hydroxyl groups is 5. The summed E-state index contributed by atoms with van der Waals surface area (Å²) in [5, 5.41) is 60.0. The number of likely N-dealkylation sites (N-methyl/N-ethyl adjacent to an activating group) is 2. The van der Waals surface area contributed by atoms with Gasteiger partial charge in [0.2, 0.25) is 11.8 Å². The molecule has 0 aromatic rings. The molecule has 23 nitrogen and oxygen atoms in total. The Labute approximate surface area is 497 Å². The van der Waals surface area contributed by atoms with Gasteiger partial charge in [-0.25, -0.2) is 0 Å². The Hall–Kier alpha value is -4.05. The van der Waals surface area contributed by atoms with Gasteiger partial charge in [-0.3, -0.25) is 24.0 Å². The summed E-state index contributed by atoms with van der Waals surface area (Å²) in [6.45, 7) is 21.6. The Bertz CT molecular complexity index is 2240. The van der Waals surface area contributed by atoms with Crippen molar-refractivity contribution in [1.29, 1.82) is 0 Å². The molecular weight excluding hydrogens is 1090 g/mol. The first-order valence-corrected chi connectivity index (χ1v) is 29.5. The number of nitrogens with zero attached hydrogens (tertiary/aromatic N) is 2. The molecule has 0 saturated carbocycles. The van der Waals surface area contributed by atoms with Crippen LogP contribution in [0.1, 0.15) is 115 Å². The number of hydrogen-bond donors (Lipinski definition) is 6. The zero-order chi connectivity index (χ0) is 63.1. The van der Waals surface area contributed by atoms with Gasteiger partial charge < -0.3 is 88.0 Å². The van der Waals surface area contributed by atoms with Crippen molar-refractivity contribution in [1.82, 2.24) is 15.1 Å². The quantitative estimate of drug-likeness (QED) is 0.0669. The molecule has 4 aliphatic rings. The predicted molar refractivity (Wildman–Crippen MR) is 308 cm³/mol. The standard InChI is InChI=1S/C61H101N3O20/c1-18-20-32(3)23-34(5)30-77-48(69)29-62-58(73)43(64(15)40(11)65)26-41-25-35(6)44(66)22-21-33(4)24-42(31-78-60-56(76-17)55(75-16)51(70)37(8)80-60)46(19-2)82-47(68)27-45(67)36(7)53(41)84-59-52(71)50(63(13)14)54(38(9)81-59)83-49-28-61(12,74)57(72)39(10)79-49/h18,21-24,32,35-39,41-43,45-46,49-57,59-60,67,70-72,74H,1,19-20,25-31H2,2-17H3,(H,62,73)/b22-21+,33-24+,34-23+/t32?,35-,36+,37-,38-,39+,41-,42-,43?,45-,46-,49+,50-,51-,52-,53-,54-,55-,56-,57+,59+,60-,61-/m1/s1. The molecular formula is C61H101N3O20. The molecule has 0 aliphatic carbocycles. The molecule has 0 aromatic carbocycles. The largest absolute Gasteiger partial charge is 0.462 e. The molecule has 0 radical (unpaired) electrons. The molecule has 0 bridgehead atoms. The summed E-state index contributed by atoms with van der Waals surface area (Å²) >= 11 is 0. The van der Waals surface area contributed by atoms with Crippen LogP contribution in [-0.4, -0.2) is 230 Å². The highest BCUT2D eigenvalue weighted by atomic mass is 16.7. The summed E-state index contributed by atoms with van der Waals surface area (Å²) < 4.78 is 61.2. The van der Waals surface area contributed by atoms with Gasteiger partial charge in [0.05, 0.1) is 55.2 Å². The van der Waals surface area contributed by atoms with Crippen molar-refractivity contribution in [2.45, 2.75) is 224 Å². The van der Waals surface area contributed by atoms with E-state index in [-0.39, 0.29) is 50.6 Å². The van der Waals surface area contributed by atoms with Crippen LogP contribution in [0.2, 0.25) is 0 Å². The molecule has 23 heteroatoms. The van der Waals surface area contributed by atoms with Gasteiger partial charge in [-0.15, -0.1) is 6.58 Å². The first-order chi connectivity index (χ1) is 39.4. The smallest absolute Gasteiger partial charge is 0.325 e. The minimum absolute atomic E-state index is 0.0206. The fraction of sp³-hybridized carbons (Fsp3) is 0.787. The number of aliphatic hydroxyl groups excluding tert-OH is 4. The number of ketones is 1. The predicted octanol–water partition coefficient (Wildman–Crippen LogP) is 3.30. The van der Waals surface area contributed by atoms with Crippen molar-refractivity contribution in [3.05, 3.63) is 48.1 Å². The van der Waals surface area contributed by atoms with Crippen molar-refractivity contribution in [2.24, 2.45) is 29.6 Å². The highest BCUT2D eigenvalue weighted by molar-refractivity contribution is 5.92. The minimum atomic E-state index is -1.56. The van der Waals surface area contributed by atoms with Crippen molar-refractivity contribution in [3.63, 3.8) is 0 Å². The summed E-state index contributed by atoms with van der Waals surface area (Å²) in [7, 11) is 7.75. The van der Waals surface area contributed by atoms with Gasteiger partial charge in [0.1, 0.15) is 61.9 Å². The number of nitrogens with one attached hydrogen (secondary N) is 1. The summed E-state index contributed by atoms with van der Waals surface area (Å²) in [6.07, 6.45) is -7.04. The van der Waals surface area contributed by atoms with E-state index in [2.05, 4.69) is 11.9 Å². The van der Waals surface area contributed by atoms with Gasteiger partial charge in [0.15, 0.2) is 24.7 Å². The summed E-state index contributed by atoms with van der Waals surface area (Å²) in [5.74, 6) is -6.41. The van der Waals surface area contributed by atoms with Crippen molar-refractivity contribution < 1.29 is 96.9 Å². The number of cyclic esters (lactones) is 1. The third kappa shape index (κ3) is 20.0. The normalized spacial score (nSPS) is 38.6. The average Bonchev–Trinajstić information content (AvgIpc) is 2.96. The number of allylic oxidation sites excluding steroid dienone is 5. The molecule has 3 saturated heterocycles. The zero-order valence-electron chi connectivity index (χ0n) is 52.4. The van der Waals surface area contributed by atoms with Crippen LogP contribution in [0.15, 0.2) is 48.1 Å². The maximum atomic E-state index is 14.5. The molecule has 4 heterocycles. The van der Waals surface area contributed by atoms with Crippen LogP contribution in [-0.2, 0) is 71.3 Å².